The maximum atomic E-state index is 5.90. The Balaban J connectivity index is 1.80. The summed E-state index contributed by atoms with van der Waals surface area (Å²) in [7, 11) is 0. The van der Waals surface area contributed by atoms with Gasteiger partial charge in [-0.05, 0) is 18.2 Å². The van der Waals surface area contributed by atoms with E-state index in [4.69, 9.17) is 20.8 Å². The maximum absolute atomic E-state index is 5.90. The molecule has 0 spiro atoms. The zero-order valence-corrected chi connectivity index (χ0v) is 10.0. The van der Waals surface area contributed by atoms with Gasteiger partial charge in [-0.15, -0.1) is 0 Å². The lowest BCUT2D eigenvalue weighted by molar-refractivity contribution is 0.0257. The summed E-state index contributed by atoms with van der Waals surface area (Å²) >= 11 is 5.90. The summed E-state index contributed by atoms with van der Waals surface area (Å²) < 4.78 is 11.3. The van der Waals surface area contributed by atoms with Crippen LogP contribution in [-0.4, -0.2) is 30.8 Å². The van der Waals surface area contributed by atoms with Gasteiger partial charge in [0.25, 0.3) is 0 Å². The van der Waals surface area contributed by atoms with Crippen LogP contribution in [0.5, 0.6) is 0 Å². The molecule has 1 aromatic carbocycles. The Labute approximate surface area is 104 Å². The minimum atomic E-state index is 0.146. The van der Waals surface area contributed by atoms with Gasteiger partial charge in [0, 0.05) is 18.1 Å². The molecule has 1 aliphatic rings. The number of hydrogen-bond donors (Lipinski definition) is 1. The molecule has 1 saturated heterocycles. The fourth-order valence-corrected chi connectivity index (χ4v) is 2.15. The van der Waals surface area contributed by atoms with Crippen LogP contribution in [0.4, 0.5) is 0 Å². The highest BCUT2D eigenvalue weighted by atomic mass is 35.5. The highest BCUT2D eigenvalue weighted by Crippen LogP contribution is 2.21. The van der Waals surface area contributed by atoms with Gasteiger partial charge in [-0.1, -0.05) is 11.6 Å². The molecule has 1 unspecified atom stereocenters. The molecule has 0 radical (unpaired) electrons. The molecule has 1 atom stereocenters. The summed E-state index contributed by atoms with van der Waals surface area (Å²) in [4.78, 5) is 4.41. The number of benzene rings is 1. The average molecular weight is 253 g/mol. The van der Waals surface area contributed by atoms with Crippen molar-refractivity contribution in [2.24, 2.45) is 0 Å². The van der Waals surface area contributed by atoms with E-state index in [1.165, 1.54) is 0 Å². The highest BCUT2D eigenvalue weighted by Gasteiger charge is 2.17. The fraction of sp³-hybridized carbons (Fsp3) is 0.417. The molecule has 0 bridgehead atoms. The second kappa shape index (κ2) is 4.64. The van der Waals surface area contributed by atoms with Crippen LogP contribution in [0.25, 0.3) is 11.1 Å². The topological polar surface area (TPSA) is 47.3 Å². The number of oxazole rings is 1. The first kappa shape index (κ1) is 11.0. The molecule has 5 heteroatoms. The van der Waals surface area contributed by atoms with Crippen LogP contribution in [-0.2, 0) is 11.2 Å². The van der Waals surface area contributed by atoms with E-state index in [0.29, 0.717) is 17.3 Å². The molecule has 0 saturated carbocycles. The summed E-state index contributed by atoms with van der Waals surface area (Å²) in [5, 5.41) is 3.96. The summed E-state index contributed by atoms with van der Waals surface area (Å²) in [5.41, 5.74) is 1.57. The number of morpholine rings is 1. The van der Waals surface area contributed by atoms with Gasteiger partial charge in [0.15, 0.2) is 11.5 Å². The second-order valence-electron chi connectivity index (χ2n) is 4.12. The van der Waals surface area contributed by atoms with E-state index < -0.39 is 0 Å². The lowest BCUT2D eigenvalue weighted by Gasteiger charge is -2.22. The normalized spacial score (nSPS) is 20.9. The number of nitrogens with one attached hydrogen (secondary N) is 1. The van der Waals surface area contributed by atoms with Crippen molar-refractivity contribution < 1.29 is 9.15 Å². The third-order valence-corrected chi connectivity index (χ3v) is 3.04. The van der Waals surface area contributed by atoms with Crippen molar-refractivity contribution in [3.05, 3.63) is 29.1 Å². The Morgan fingerprint density at radius 1 is 1.47 bits per heavy atom. The molecule has 3 rings (SSSR count). The number of aromatic nitrogens is 1. The van der Waals surface area contributed by atoms with Gasteiger partial charge in [0.05, 0.1) is 19.1 Å². The molecule has 17 heavy (non-hydrogen) atoms. The van der Waals surface area contributed by atoms with Gasteiger partial charge in [-0.2, -0.15) is 0 Å². The van der Waals surface area contributed by atoms with E-state index in [2.05, 4.69) is 10.3 Å². The Kier molecular flexibility index (Phi) is 3.01. The van der Waals surface area contributed by atoms with E-state index in [9.17, 15) is 0 Å². The Morgan fingerprint density at radius 3 is 3.24 bits per heavy atom. The van der Waals surface area contributed by atoms with Gasteiger partial charge in [0.1, 0.15) is 5.52 Å². The Morgan fingerprint density at radius 2 is 2.41 bits per heavy atom. The monoisotopic (exact) mass is 252 g/mol. The third-order valence-electron chi connectivity index (χ3n) is 2.80. The molecule has 1 fully saturated rings. The molecule has 1 aliphatic heterocycles. The van der Waals surface area contributed by atoms with Crippen LogP contribution >= 0.6 is 11.6 Å². The van der Waals surface area contributed by atoms with Crippen molar-refractivity contribution in [3.8, 4) is 0 Å². The lowest BCUT2D eigenvalue weighted by Crippen LogP contribution is -2.39. The molecular formula is C12H13ClN2O2. The maximum Gasteiger partial charge on any atom is 0.198 e. The lowest BCUT2D eigenvalue weighted by atomic mass is 10.2. The van der Waals surface area contributed by atoms with E-state index in [-0.39, 0.29) is 6.10 Å². The predicted molar refractivity (Wildman–Crippen MR) is 65.3 cm³/mol. The van der Waals surface area contributed by atoms with Gasteiger partial charge in [-0.3, -0.25) is 0 Å². The SMILES string of the molecule is Clc1ccc2oc(CC3CNCCO3)nc2c1. The van der Waals surface area contributed by atoms with Gasteiger partial charge >= 0.3 is 0 Å². The molecular weight excluding hydrogens is 240 g/mol. The molecule has 2 aromatic rings. The van der Waals surface area contributed by atoms with E-state index in [1.54, 1.807) is 6.07 Å². The quantitative estimate of drug-likeness (QED) is 0.888. The van der Waals surface area contributed by atoms with Gasteiger partial charge in [0.2, 0.25) is 0 Å². The zero-order chi connectivity index (χ0) is 11.7. The average Bonchev–Trinajstić information content (AvgIpc) is 2.71. The number of halogens is 1. The second-order valence-corrected chi connectivity index (χ2v) is 4.56. The highest BCUT2D eigenvalue weighted by molar-refractivity contribution is 6.31. The number of ether oxygens (including phenoxy) is 1. The summed E-state index contributed by atoms with van der Waals surface area (Å²) in [5.74, 6) is 0.705. The van der Waals surface area contributed by atoms with Gasteiger partial charge in [-0.25, -0.2) is 4.98 Å². The van der Waals surface area contributed by atoms with E-state index in [0.717, 1.165) is 30.8 Å². The zero-order valence-electron chi connectivity index (χ0n) is 9.28. The number of fused-ring (bicyclic) bond motifs is 1. The van der Waals surface area contributed by atoms with Crippen LogP contribution in [0, 0.1) is 0 Å². The molecule has 90 valence electrons. The van der Waals surface area contributed by atoms with Crippen LogP contribution in [0.2, 0.25) is 5.02 Å². The first-order chi connectivity index (χ1) is 8.31. The van der Waals surface area contributed by atoms with E-state index >= 15 is 0 Å². The van der Waals surface area contributed by atoms with Crippen molar-refractivity contribution in [2.75, 3.05) is 19.7 Å². The number of rotatable bonds is 2. The minimum absolute atomic E-state index is 0.146. The molecule has 0 aliphatic carbocycles. The van der Waals surface area contributed by atoms with Crippen LogP contribution in [0.1, 0.15) is 5.89 Å². The van der Waals surface area contributed by atoms with Crippen molar-refractivity contribution in [1.82, 2.24) is 10.3 Å². The largest absolute Gasteiger partial charge is 0.441 e. The summed E-state index contributed by atoms with van der Waals surface area (Å²) in [6.45, 7) is 2.51. The van der Waals surface area contributed by atoms with E-state index in [1.807, 2.05) is 12.1 Å². The summed E-state index contributed by atoms with van der Waals surface area (Å²) in [6.07, 6.45) is 0.839. The standard InChI is InChI=1S/C12H13ClN2O2/c13-8-1-2-11-10(5-8)15-12(17-11)6-9-7-14-3-4-16-9/h1-2,5,9,14H,3-4,6-7H2. The molecule has 4 nitrogen and oxygen atoms in total. The molecule has 0 amide bonds. The fourth-order valence-electron chi connectivity index (χ4n) is 1.98. The minimum Gasteiger partial charge on any atom is -0.441 e. The molecule has 1 N–H and O–H groups in total. The molecule has 1 aromatic heterocycles. The summed E-state index contributed by atoms with van der Waals surface area (Å²) in [6, 6.07) is 5.45. The van der Waals surface area contributed by atoms with Crippen molar-refractivity contribution in [3.63, 3.8) is 0 Å². The van der Waals surface area contributed by atoms with Crippen molar-refractivity contribution in [2.45, 2.75) is 12.5 Å². The van der Waals surface area contributed by atoms with Crippen LogP contribution in [0.15, 0.2) is 22.6 Å². The Hall–Kier alpha value is -1.10. The van der Waals surface area contributed by atoms with Crippen LogP contribution in [0.3, 0.4) is 0 Å². The number of hydrogen-bond acceptors (Lipinski definition) is 4. The Bertz CT molecular complexity index is 520. The van der Waals surface area contributed by atoms with Gasteiger partial charge < -0.3 is 14.5 Å². The first-order valence-corrected chi connectivity index (χ1v) is 6.06. The smallest absolute Gasteiger partial charge is 0.198 e. The molecule has 2 heterocycles. The van der Waals surface area contributed by atoms with Crippen molar-refractivity contribution in [1.29, 1.82) is 0 Å². The predicted octanol–water partition coefficient (Wildman–Crippen LogP) is 2.01. The third kappa shape index (κ3) is 2.44. The first-order valence-electron chi connectivity index (χ1n) is 5.68. The number of nitrogens with zero attached hydrogens (tertiary/aromatic N) is 1. The van der Waals surface area contributed by atoms with Crippen LogP contribution < -0.4 is 5.32 Å². The van der Waals surface area contributed by atoms with Crippen molar-refractivity contribution >= 4 is 22.7 Å².